The second kappa shape index (κ2) is 12.9. The zero-order valence-corrected chi connectivity index (χ0v) is 36.9. The Bertz CT molecular complexity index is 4000. The van der Waals surface area contributed by atoms with Gasteiger partial charge in [-0.25, -0.2) is 0 Å². The van der Waals surface area contributed by atoms with Crippen molar-refractivity contribution in [1.29, 1.82) is 0 Å². The van der Waals surface area contributed by atoms with Gasteiger partial charge < -0.3 is 4.42 Å². The molecule has 12 aromatic rings. The second-order valence-corrected chi connectivity index (χ2v) is 19.5. The van der Waals surface area contributed by atoms with Crippen LogP contribution in [0.15, 0.2) is 199 Å². The molecule has 0 N–H and O–H groups in total. The topological polar surface area (TPSA) is 13.1 Å². The lowest BCUT2D eigenvalue weighted by molar-refractivity contribution is 0.658. The van der Waals surface area contributed by atoms with Gasteiger partial charge in [-0.3, -0.25) is 0 Å². The Balaban J connectivity index is 0.915. The third kappa shape index (κ3) is 4.93. The summed E-state index contributed by atoms with van der Waals surface area (Å²) in [5.74, 6) is 0. The first kappa shape index (κ1) is 36.7. The van der Waals surface area contributed by atoms with Gasteiger partial charge in [-0.05, 0) is 140 Å². The van der Waals surface area contributed by atoms with Gasteiger partial charge in [0.2, 0.25) is 0 Å². The Morgan fingerprint density at radius 3 is 1.60 bits per heavy atom. The molecule has 0 amide bonds. The number of hydrogen-bond donors (Lipinski definition) is 0. The van der Waals surface area contributed by atoms with E-state index in [0.29, 0.717) is 0 Å². The van der Waals surface area contributed by atoms with E-state index in [1.165, 1.54) is 121 Å². The molecule has 0 spiro atoms. The van der Waals surface area contributed by atoms with E-state index < -0.39 is 0 Å². The van der Waals surface area contributed by atoms with Gasteiger partial charge in [0.15, 0.2) is 0 Å². The monoisotopic (exact) mass is 828 g/mol. The first-order valence-corrected chi connectivity index (χ1v) is 23.0. The number of fused-ring (bicyclic) bond motifs is 14. The minimum absolute atomic E-state index is 0.120. The highest BCUT2D eigenvalue weighted by Crippen LogP contribution is 2.55. The molecule has 0 fully saturated rings. The lowest BCUT2D eigenvalue weighted by Crippen LogP contribution is -2.15. The van der Waals surface area contributed by atoms with E-state index in [2.05, 4.69) is 222 Å². The van der Waals surface area contributed by atoms with Crippen LogP contribution in [-0.2, 0) is 10.8 Å². The lowest BCUT2D eigenvalue weighted by Gasteiger charge is -2.23. The van der Waals surface area contributed by atoms with E-state index in [9.17, 15) is 0 Å². The van der Waals surface area contributed by atoms with Gasteiger partial charge in [0.25, 0.3) is 0 Å². The van der Waals surface area contributed by atoms with Crippen LogP contribution in [0.5, 0.6) is 0 Å². The summed E-state index contributed by atoms with van der Waals surface area (Å²) in [6, 6.07) is 72.6. The van der Waals surface area contributed by atoms with Crippen molar-refractivity contribution in [1.82, 2.24) is 0 Å². The second-order valence-electron chi connectivity index (χ2n) is 19.5. The predicted molar refractivity (Wildman–Crippen MR) is 275 cm³/mol. The Labute approximate surface area is 378 Å². The summed E-state index contributed by atoms with van der Waals surface area (Å²) in [5, 5.41) is 12.5. The molecule has 0 aliphatic heterocycles. The summed E-state index contributed by atoms with van der Waals surface area (Å²) in [4.78, 5) is 0. The molecule has 2 aliphatic rings. The summed E-state index contributed by atoms with van der Waals surface area (Å²) in [7, 11) is 0. The van der Waals surface area contributed by atoms with Crippen LogP contribution in [0.1, 0.15) is 49.9 Å². The first-order chi connectivity index (χ1) is 31.8. The van der Waals surface area contributed by atoms with Crippen molar-refractivity contribution in [2.75, 3.05) is 0 Å². The first-order valence-electron chi connectivity index (χ1n) is 23.0. The van der Waals surface area contributed by atoms with Crippen LogP contribution >= 0.6 is 0 Å². The summed E-state index contributed by atoms with van der Waals surface area (Å²) < 4.78 is 6.98. The van der Waals surface area contributed by atoms with Crippen molar-refractivity contribution in [3.8, 4) is 55.6 Å². The van der Waals surface area contributed by atoms with Gasteiger partial charge >= 0.3 is 0 Å². The summed E-state index contributed by atoms with van der Waals surface area (Å²) in [5.41, 5.74) is 19.7. The number of benzene rings is 11. The molecule has 0 saturated carbocycles. The number of hydrogen-bond acceptors (Lipinski definition) is 1. The minimum Gasteiger partial charge on any atom is -0.455 e. The highest BCUT2D eigenvalue weighted by Gasteiger charge is 2.38. The fourth-order valence-corrected chi connectivity index (χ4v) is 12.3. The molecular weight excluding hydrogens is 785 g/mol. The zero-order valence-electron chi connectivity index (χ0n) is 36.9. The molecule has 1 aromatic heterocycles. The Hall–Kier alpha value is -7.74. The molecule has 1 heterocycles. The summed E-state index contributed by atoms with van der Waals surface area (Å²) >= 11 is 0. The molecule has 306 valence electrons. The number of para-hydroxylation sites is 1. The molecular formula is C64H44O. The zero-order chi connectivity index (χ0) is 43.3. The molecule has 14 rings (SSSR count). The smallest absolute Gasteiger partial charge is 0.143 e. The van der Waals surface area contributed by atoms with Crippen molar-refractivity contribution in [2.24, 2.45) is 0 Å². The van der Waals surface area contributed by atoms with E-state index in [-0.39, 0.29) is 10.8 Å². The highest BCUT2D eigenvalue weighted by molar-refractivity contribution is 6.24. The third-order valence-corrected chi connectivity index (χ3v) is 15.4. The molecule has 1 nitrogen and oxygen atoms in total. The quantitative estimate of drug-likeness (QED) is 0.162. The number of furan rings is 1. The molecule has 11 aromatic carbocycles. The molecule has 0 bridgehead atoms. The van der Waals surface area contributed by atoms with E-state index in [0.717, 1.165) is 22.1 Å². The highest BCUT2D eigenvalue weighted by atomic mass is 16.3. The maximum atomic E-state index is 6.98. The van der Waals surface area contributed by atoms with Gasteiger partial charge in [-0.2, -0.15) is 0 Å². The molecule has 65 heavy (non-hydrogen) atoms. The van der Waals surface area contributed by atoms with Crippen LogP contribution in [0.3, 0.4) is 0 Å². The largest absolute Gasteiger partial charge is 0.455 e. The van der Waals surface area contributed by atoms with Crippen molar-refractivity contribution >= 4 is 65.0 Å². The normalized spacial score (nSPS) is 14.4. The van der Waals surface area contributed by atoms with Gasteiger partial charge in [-0.15, -0.1) is 0 Å². The average molecular weight is 829 g/mol. The fourth-order valence-electron chi connectivity index (χ4n) is 12.3. The van der Waals surface area contributed by atoms with E-state index in [1.54, 1.807) is 0 Å². The van der Waals surface area contributed by atoms with Crippen LogP contribution < -0.4 is 0 Å². The molecule has 0 radical (unpaired) electrons. The summed E-state index contributed by atoms with van der Waals surface area (Å²) in [6.07, 6.45) is 0. The van der Waals surface area contributed by atoms with E-state index in [4.69, 9.17) is 4.42 Å². The minimum atomic E-state index is -0.188. The van der Waals surface area contributed by atoms with E-state index in [1.807, 2.05) is 0 Å². The van der Waals surface area contributed by atoms with Crippen molar-refractivity contribution in [3.63, 3.8) is 0 Å². The number of rotatable bonds is 3. The van der Waals surface area contributed by atoms with E-state index >= 15 is 0 Å². The Kier molecular flexibility index (Phi) is 7.30. The van der Waals surface area contributed by atoms with Crippen LogP contribution in [0, 0.1) is 0 Å². The molecule has 0 saturated heterocycles. The van der Waals surface area contributed by atoms with Crippen molar-refractivity contribution in [3.05, 3.63) is 216 Å². The molecule has 0 atom stereocenters. The van der Waals surface area contributed by atoms with Gasteiger partial charge in [-0.1, -0.05) is 198 Å². The van der Waals surface area contributed by atoms with Crippen molar-refractivity contribution < 1.29 is 4.42 Å². The Morgan fingerprint density at radius 1 is 0.292 bits per heavy atom. The van der Waals surface area contributed by atoms with Gasteiger partial charge in [0.05, 0.1) is 0 Å². The van der Waals surface area contributed by atoms with Crippen LogP contribution in [0.25, 0.3) is 121 Å². The molecule has 0 unspecified atom stereocenters. The lowest BCUT2D eigenvalue weighted by atomic mass is 9.80. The van der Waals surface area contributed by atoms with Gasteiger partial charge in [0, 0.05) is 27.2 Å². The van der Waals surface area contributed by atoms with Crippen LogP contribution in [0.2, 0.25) is 0 Å². The standard InChI is InChI=1S/C64H44O/c1-63(2)54-31-29-39(43-24-14-26-50-52-35-57-53(36-58(52)65-62(43)50)61-42-19-8-6-16-38(42)28-32-55(61)64(57,3)4)33-51(54)44-30-27-40(34-56(44)63)59-46-20-9-11-22-48(46)60(49-23-12-10-21-47(49)59)45-25-13-17-37-15-5-7-18-41(37)45/h5-36H,1-4H3. The maximum Gasteiger partial charge on any atom is 0.143 e. The summed E-state index contributed by atoms with van der Waals surface area (Å²) in [6.45, 7) is 9.52. The van der Waals surface area contributed by atoms with Crippen molar-refractivity contribution in [2.45, 2.75) is 38.5 Å². The SMILES string of the molecule is CC1(C)c2ccc(-c3cccc4c3oc3cc5c(cc34)C(C)(C)c3ccc4ccccc4c3-5)cc2-c2ccc(-c3c4ccccc4c(-c4cccc5ccccc45)c4ccccc34)cc21. The average Bonchev–Trinajstić information content (AvgIpc) is 3.90. The Morgan fingerprint density at radius 2 is 0.846 bits per heavy atom. The predicted octanol–water partition coefficient (Wildman–Crippen LogP) is 17.8. The van der Waals surface area contributed by atoms with Gasteiger partial charge in [0.1, 0.15) is 11.2 Å². The maximum absolute atomic E-state index is 6.98. The molecule has 1 heteroatoms. The van der Waals surface area contributed by atoms with Crippen LogP contribution in [-0.4, -0.2) is 0 Å². The fraction of sp³-hybridized carbons (Fsp3) is 0.0938. The third-order valence-electron chi connectivity index (χ3n) is 15.4. The van der Waals surface area contributed by atoms with Crippen LogP contribution in [0.4, 0.5) is 0 Å². The molecule has 2 aliphatic carbocycles.